The van der Waals surface area contributed by atoms with Gasteiger partial charge in [-0.05, 0) is 31.2 Å². The highest BCUT2D eigenvalue weighted by Crippen LogP contribution is 2.17. The number of carbonyl (C=O) groups is 1. The summed E-state index contributed by atoms with van der Waals surface area (Å²) in [6.45, 7) is 5.25. The molecule has 2 rings (SSSR count). The average Bonchev–Trinajstić information content (AvgIpc) is 2.84. The van der Waals surface area contributed by atoms with Crippen LogP contribution in [-0.4, -0.2) is 33.5 Å². The summed E-state index contributed by atoms with van der Waals surface area (Å²) in [6, 6.07) is 6.60. The standard InChI is InChI=1S/C14H21N3O3S/c1-3-15-10(2)11-4-6-13(7-5-11)21(19,20)17-12-8-14(18)16-9-12/h4-7,10,12,15,17H,3,8-9H2,1-2H3,(H,16,18). The first-order chi connectivity index (χ1) is 9.92. The molecule has 0 saturated carbocycles. The molecule has 1 aliphatic rings. The highest BCUT2D eigenvalue weighted by Gasteiger charge is 2.26. The summed E-state index contributed by atoms with van der Waals surface area (Å²) in [5.41, 5.74) is 1.04. The summed E-state index contributed by atoms with van der Waals surface area (Å²) in [5.74, 6) is -0.127. The zero-order valence-electron chi connectivity index (χ0n) is 12.2. The monoisotopic (exact) mass is 311 g/mol. The summed E-state index contributed by atoms with van der Waals surface area (Å²) in [5, 5.41) is 5.88. The summed E-state index contributed by atoms with van der Waals surface area (Å²) in [4.78, 5) is 11.3. The molecule has 1 amide bonds. The molecule has 1 fully saturated rings. The van der Waals surface area contributed by atoms with Gasteiger partial charge in [-0.2, -0.15) is 0 Å². The van der Waals surface area contributed by atoms with Gasteiger partial charge in [-0.1, -0.05) is 19.1 Å². The van der Waals surface area contributed by atoms with E-state index in [-0.39, 0.29) is 29.3 Å². The Morgan fingerprint density at radius 3 is 2.52 bits per heavy atom. The molecule has 0 bridgehead atoms. The van der Waals surface area contributed by atoms with Crippen molar-refractivity contribution in [2.45, 2.75) is 37.2 Å². The van der Waals surface area contributed by atoms with E-state index in [1.54, 1.807) is 24.3 Å². The Labute approximate surface area is 125 Å². The SMILES string of the molecule is CCNC(C)c1ccc(S(=O)(=O)NC2CNC(=O)C2)cc1. The number of hydrogen-bond donors (Lipinski definition) is 3. The molecule has 2 atom stereocenters. The van der Waals surface area contributed by atoms with Crippen molar-refractivity contribution >= 4 is 15.9 Å². The second-order valence-electron chi connectivity index (χ2n) is 5.17. The molecular formula is C14H21N3O3S. The number of benzene rings is 1. The number of nitrogens with one attached hydrogen (secondary N) is 3. The Hall–Kier alpha value is -1.44. The molecule has 2 unspecified atom stereocenters. The number of sulfonamides is 1. The van der Waals surface area contributed by atoms with Crippen LogP contribution >= 0.6 is 0 Å². The van der Waals surface area contributed by atoms with E-state index < -0.39 is 10.0 Å². The molecule has 6 nitrogen and oxygen atoms in total. The zero-order chi connectivity index (χ0) is 15.5. The zero-order valence-corrected chi connectivity index (χ0v) is 13.0. The lowest BCUT2D eigenvalue weighted by Gasteiger charge is -2.14. The molecule has 1 aromatic carbocycles. The fourth-order valence-electron chi connectivity index (χ4n) is 2.34. The van der Waals surface area contributed by atoms with Crippen LogP contribution in [0.2, 0.25) is 0 Å². The smallest absolute Gasteiger partial charge is 0.240 e. The molecule has 1 aromatic rings. The molecule has 1 heterocycles. The van der Waals surface area contributed by atoms with Crippen molar-refractivity contribution in [3.05, 3.63) is 29.8 Å². The lowest BCUT2D eigenvalue weighted by atomic mass is 10.1. The van der Waals surface area contributed by atoms with Crippen LogP contribution < -0.4 is 15.4 Å². The lowest BCUT2D eigenvalue weighted by molar-refractivity contribution is -0.119. The van der Waals surface area contributed by atoms with E-state index in [0.29, 0.717) is 6.54 Å². The number of carbonyl (C=O) groups excluding carboxylic acids is 1. The highest BCUT2D eigenvalue weighted by atomic mass is 32.2. The summed E-state index contributed by atoms with van der Waals surface area (Å²) >= 11 is 0. The predicted octanol–water partition coefficient (Wildman–Crippen LogP) is 0.524. The van der Waals surface area contributed by atoms with Crippen molar-refractivity contribution in [2.75, 3.05) is 13.1 Å². The van der Waals surface area contributed by atoms with E-state index in [1.807, 2.05) is 13.8 Å². The maximum absolute atomic E-state index is 12.2. The van der Waals surface area contributed by atoms with Crippen molar-refractivity contribution in [1.29, 1.82) is 0 Å². The van der Waals surface area contributed by atoms with Gasteiger partial charge < -0.3 is 10.6 Å². The molecule has 1 saturated heterocycles. The topological polar surface area (TPSA) is 87.3 Å². The van der Waals surface area contributed by atoms with Crippen molar-refractivity contribution in [1.82, 2.24) is 15.4 Å². The lowest BCUT2D eigenvalue weighted by Crippen LogP contribution is -2.36. The Morgan fingerprint density at radius 2 is 2.00 bits per heavy atom. The van der Waals surface area contributed by atoms with Crippen LogP contribution in [-0.2, 0) is 14.8 Å². The third-order valence-corrected chi connectivity index (χ3v) is 5.04. The van der Waals surface area contributed by atoms with Gasteiger partial charge in [0.2, 0.25) is 15.9 Å². The van der Waals surface area contributed by atoms with Crippen LogP contribution in [0.15, 0.2) is 29.2 Å². The number of rotatable bonds is 6. The fraction of sp³-hybridized carbons (Fsp3) is 0.500. The van der Waals surface area contributed by atoms with Gasteiger partial charge in [-0.25, -0.2) is 13.1 Å². The second kappa shape index (κ2) is 6.55. The summed E-state index contributed by atoms with van der Waals surface area (Å²) in [7, 11) is -3.58. The highest BCUT2D eigenvalue weighted by molar-refractivity contribution is 7.89. The van der Waals surface area contributed by atoms with Crippen molar-refractivity contribution in [3.63, 3.8) is 0 Å². The predicted molar refractivity (Wildman–Crippen MR) is 80.3 cm³/mol. The summed E-state index contributed by atoms with van der Waals surface area (Å²) in [6.07, 6.45) is 0.189. The molecule has 7 heteroatoms. The van der Waals surface area contributed by atoms with Gasteiger partial charge in [-0.15, -0.1) is 0 Å². The van der Waals surface area contributed by atoms with Crippen molar-refractivity contribution in [3.8, 4) is 0 Å². The molecule has 0 radical (unpaired) electrons. The van der Waals surface area contributed by atoms with Crippen molar-refractivity contribution < 1.29 is 13.2 Å². The fourth-order valence-corrected chi connectivity index (χ4v) is 3.57. The van der Waals surface area contributed by atoms with Gasteiger partial charge >= 0.3 is 0 Å². The Morgan fingerprint density at radius 1 is 1.33 bits per heavy atom. The van der Waals surface area contributed by atoms with Crippen LogP contribution in [0, 0.1) is 0 Å². The van der Waals surface area contributed by atoms with E-state index >= 15 is 0 Å². The second-order valence-corrected chi connectivity index (χ2v) is 6.89. The van der Waals surface area contributed by atoms with Crippen LogP contribution in [0.1, 0.15) is 31.9 Å². The first-order valence-electron chi connectivity index (χ1n) is 7.04. The number of amides is 1. The largest absolute Gasteiger partial charge is 0.354 e. The van der Waals surface area contributed by atoms with Gasteiger partial charge in [0, 0.05) is 25.0 Å². The Kier molecular flexibility index (Phi) is 4.97. The molecule has 0 spiro atoms. The van der Waals surface area contributed by atoms with Crippen LogP contribution in [0.4, 0.5) is 0 Å². The maximum Gasteiger partial charge on any atom is 0.240 e. The van der Waals surface area contributed by atoms with E-state index in [1.165, 1.54) is 0 Å². The van der Waals surface area contributed by atoms with Crippen LogP contribution in [0.25, 0.3) is 0 Å². The molecule has 116 valence electrons. The van der Waals surface area contributed by atoms with Crippen molar-refractivity contribution in [2.24, 2.45) is 0 Å². The molecule has 3 N–H and O–H groups in total. The Balaban J connectivity index is 2.08. The number of hydrogen-bond acceptors (Lipinski definition) is 4. The third-order valence-electron chi connectivity index (χ3n) is 3.50. The van der Waals surface area contributed by atoms with Gasteiger partial charge in [0.1, 0.15) is 0 Å². The Bertz CT molecular complexity index is 598. The van der Waals surface area contributed by atoms with E-state index in [4.69, 9.17) is 0 Å². The molecule has 0 aliphatic carbocycles. The van der Waals surface area contributed by atoms with Gasteiger partial charge in [0.15, 0.2) is 0 Å². The minimum absolute atomic E-state index is 0.127. The van der Waals surface area contributed by atoms with E-state index in [9.17, 15) is 13.2 Å². The quantitative estimate of drug-likeness (QED) is 0.715. The average molecular weight is 311 g/mol. The molecule has 1 aliphatic heterocycles. The van der Waals surface area contributed by atoms with E-state index in [0.717, 1.165) is 12.1 Å². The molecular weight excluding hydrogens is 290 g/mol. The minimum Gasteiger partial charge on any atom is -0.354 e. The van der Waals surface area contributed by atoms with E-state index in [2.05, 4.69) is 15.4 Å². The van der Waals surface area contributed by atoms with Crippen LogP contribution in [0.3, 0.4) is 0 Å². The minimum atomic E-state index is -3.58. The van der Waals surface area contributed by atoms with Gasteiger partial charge in [0.25, 0.3) is 0 Å². The van der Waals surface area contributed by atoms with Crippen LogP contribution in [0.5, 0.6) is 0 Å². The first-order valence-corrected chi connectivity index (χ1v) is 8.53. The molecule has 0 aromatic heterocycles. The van der Waals surface area contributed by atoms with Gasteiger partial charge in [-0.3, -0.25) is 4.79 Å². The van der Waals surface area contributed by atoms with Gasteiger partial charge in [0.05, 0.1) is 4.90 Å². The first kappa shape index (κ1) is 15.9. The molecule has 21 heavy (non-hydrogen) atoms. The third kappa shape index (κ3) is 4.03. The normalized spacial score (nSPS) is 20.3. The maximum atomic E-state index is 12.2. The summed E-state index contributed by atoms with van der Waals surface area (Å²) < 4.78 is 27.0.